The Morgan fingerprint density at radius 2 is 1.86 bits per heavy atom. The predicted octanol–water partition coefficient (Wildman–Crippen LogP) is 5.79. The SMILES string of the molecule is CC1(C)N=C(SCc2ccccc2)N(c2ccc(C#N)c(C(F)(F)F)c2)C1=S. The van der Waals surface area contributed by atoms with Crippen molar-refractivity contribution in [3.8, 4) is 6.07 Å². The van der Waals surface area contributed by atoms with E-state index in [1.165, 1.54) is 23.9 Å². The summed E-state index contributed by atoms with van der Waals surface area (Å²) in [4.78, 5) is 6.61. The van der Waals surface area contributed by atoms with Gasteiger partial charge in [-0.2, -0.15) is 18.4 Å². The second-order valence-electron chi connectivity index (χ2n) is 6.71. The maximum atomic E-state index is 13.4. The van der Waals surface area contributed by atoms with Gasteiger partial charge in [-0.15, -0.1) is 0 Å². The molecular formula is C20H16F3N3S2. The van der Waals surface area contributed by atoms with E-state index >= 15 is 0 Å². The lowest BCUT2D eigenvalue weighted by Gasteiger charge is -2.24. The number of benzene rings is 2. The van der Waals surface area contributed by atoms with Gasteiger partial charge >= 0.3 is 6.18 Å². The molecule has 0 aliphatic carbocycles. The van der Waals surface area contributed by atoms with Gasteiger partial charge < -0.3 is 0 Å². The first kappa shape index (κ1) is 20.4. The summed E-state index contributed by atoms with van der Waals surface area (Å²) < 4.78 is 40.1. The number of anilines is 1. The summed E-state index contributed by atoms with van der Waals surface area (Å²) in [6, 6.07) is 14.9. The molecular weight excluding hydrogens is 403 g/mol. The molecule has 0 atom stereocenters. The summed E-state index contributed by atoms with van der Waals surface area (Å²) in [7, 11) is 0. The molecule has 0 bridgehead atoms. The van der Waals surface area contributed by atoms with Crippen LogP contribution in [0.25, 0.3) is 0 Å². The Hall–Kier alpha value is -2.37. The number of alkyl halides is 3. The van der Waals surface area contributed by atoms with Gasteiger partial charge in [0.15, 0.2) is 5.17 Å². The zero-order valence-electron chi connectivity index (χ0n) is 15.1. The molecule has 8 heteroatoms. The molecule has 144 valence electrons. The number of halogens is 3. The third-order valence-electron chi connectivity index (χ3n) is 4.19. The molecule has 2 aromatic rings. The zero-order chi connectivity index (χ0) is 20.5. The van der Waals surface area contributed by atoms with Crippen LogP contribution in [0.2, 0.25) is 0 Å². The Kier molecular flexibility index (Phi) is 5.50. The second kappa shape index (κ2) is 7.57. The van der Waals surface area contributed by atoms with Crippen molar-refractivity contribution in [1.29, 1.82) is 5.26 Å². The molecule has 0 unspecified atom stereocenters. The Labute approximate surface area is 170 Å². The molecule has 0 fully saturated rings. The summed E-state index contributed by atoms with van der Waals surface area (Å²) in [5.74, 6) is 0.608. The number of hydrogen-bond acceptors (Lipinski definition) is 4. The molecule has 0 amide bonds. The molecule has 3 nitrogen and oxygen atoms in total. The highest BCUT2D eigenvalue weighted by Gasteiger charge is 2.40. The molecule has 1 aliphatic heterocycles. The monoisotopic (exact) mass is 419 g/mol. The highest BCUT2D eigenvalue weighted by Crippen LogP contribution is 2.38. The molecule has 3 rings (SSSR count). The lowest BCUT2D eigenvalue weighted by Crippen LogP contribution is -2.37. The van der Waals surface area contributed by atoms with Crippen molar-refractivity contribution < 1.29 is 13.2 Å². The van der Waals surface area contributed by atoms with Gasteiger partial charge in [0.25, 0.3) is 0 Å². The van der Waals surface area contributed by atoms with Crippen molar-refractivity contribution in [2.24, 2.45) is 4.99 Å². The van der Waals surface area contributed by atoms with Gasteiger partial charge in [-0.1, -0.05) is 54.3 Å². The van der Waals surface area contributed by atoms with Crippen LogP contribution in [0, 0.1) is 11.3 Å². The van der Waals surface area contributed by atoms with Gasteiger partial charge in [-0.25, -0.2) is 4.99 Å². The standard InChI is InChI=1S/C20H16F3N3S2/c1-19(2)17(27)26(18(25-19)28-12-13-6-4-3-5-7-13)15-9-8-14(11-24)16(10-15)20(21,22)23/h3-10H,12H2,1-2H3. The first-order valence-electron chi connectivity index (χ1n) is 8.36. The van der Waals surface area contributed by atoms with Crippen LogP contribution in [0.1, 0.15) is 30.5 Å². The molecule has 0 radical (unpaired) electrons. The maximum absolute atomic E-state index is 13.4. The lowest BCUT2D eigenvalue weighted by atomic mass is 10.0. The highest BCUT2D eigenvalue weighted by atomic mass is 32.2. The van der Waals surface area contributed by atoms with Gasteiger partial charge in [0.05, 0.1) is 17.2 Å². The van der Waals surface area contributed by atoms with E-state index in [1.807, 2.05) is 44.2 Å². The predicted molar refractivity (Wildman–Crippen MR) is 110 cm³/mol. The fourth-order valence-electron chi connectivity index (χ4n) is 2.75. The summed E-state index contributed by atoms with van der Waals surface area (Å²) in [5.41, 5.74) is -0.785. The van der Waals surface area contributed by atoms with E-state index < -0.39 is 22.8 Å². The van der Waals surface area contributed by atoms with Crippen LogP contribution >= 0.6 is 24.0 Å². The number of thiocarbonyl (C=S) groups is 1. The number of hydrogen-bond donors (Lipinski definition) is 0. The van der Waals surface area contributed by atoms with E-state index in [1.54, 1.807) is 11.0 Å². The number of nitrogens with zero attached hydrogens (tertiary/aromatic N) is 3. The Morgan fingerprint density at radius 1 is 1.18 bits per heavy atom. The molecule has 0 N–H and O–H groups in total. The number of aliphatic imine (C=N–C) groups is 1. The van der Waals surface area contributed by atoms with Crippen LogP contribution in [0.15, 0.2) is 53.5 Å². The van der Waals surface area contributed by atoms with E-state index in [-0.39, 0.29) is 5.69 Å². The average Bonchev–Trinajstić information content (AvgIpc) is 2.88. The van der Waals surface area contributed by atoms with E-state index in [2.05, 4.69) is 4.99 Å². The number of nitriles is 1. The average molecular weight is 419 g/mol. The van der Waals surface area contributed by atoms with Crippen molar-refractivity contribution in [3.05, 3.63) is 65.2 Å². The van der Waals surface area contributed by atoms with E-state index in [4.69, 9.17) is 17.5 Å². The van der Waals surface area contributed by atoms with Crippen molar-refractivity contribution >= 4 is 39.8 Å². The minimum Gasteiger partial charge on any atom is -0.281 e. The van der Waals surface area contributed by atoms with Gasteiger partial charge in [-0.3, -0.25) is 4.90 Å². The fraction of sp³-hybridized carbons (Fsp3) is 0.250. The summed E-state index contributed by atoms with van der Waals surface area (Å²) in [6.45, 7) is 3.65. The minimum atomic E-state index is -4.63. The number of amidine groups is 1. The van der Waals surface area contributed by atoms with Gasteiger partial charge in [0.2, 0.25) is 0 Å². The topological polar surface area (TPSA) is 39.4 Å². The normalized spacial score (nSPS) is 16.1. The first-order chi connectivity index (χ1) is 13.1. The molecule has 28 heavy (non-hydrogen) atoms. The van der Waals surface area contributed by atoms with Crippen molar-refractivity contribution in [2.45, 2.75) is 31.3 Å². The van der Waals surface area contributed by atoms with Crippen molar-refractivity contribution in [1.82, 2.24) is 0 Å². The molecule has 0 saturated heterocycles. The molecule has 0 saturated carbocycles. The summed E-state index contributed by atoms with van der Waals surface area (Å²) >= 11 is 6.93. The van der Waals surface area contributed by atoms with Gasteiger partial charge in [-0.05, 0) is 37.6 Å². The Bertz CT molecular complexity index is 976. The van der Waals surface area contributed by atoms with Crippen LogP contribution in [0.4, 0.5) is 18.9 Å². The quantitative estimate of drug-likeness (QED) is 0.590. The lowest BCUT2D eigenvalue weighted by molar-refractivity contribution is -0.137. The molecule has 1 heterocycles. The second-order valence-corrected chi connectivity index (χ2v) is 8.04. The number of rotatable bonds is 3. The number of thioether (sulfide) groups is 1. The van der Waals surface area contributed by atoms with Crippen LogP contribution in [-0.4, -0.2) is 15.7 Å². The van der Waals surface area contributed by atoms with Gasteiger partial charge in [0, 0.05) is 11.4 Å². The first-order valence-corrected chi connectivity index (χ1v) is 9.75. The summed E-state index contributed by atoms with van der Waals surface area (Å²) in [6.07, 6.45) is -4.63. The largest absolute Gasteiger partial charge is 0.417 e. The smallest absolute Gasteiger partial charge is 0.281 e. The molecule has 1 aliphatic rings. The molecule has 2 aromatic carbocycles. The van der Waals surface area contributed by atoms with E-state index in [0.717, 1.165) is 11.6 Å². The Morgan fingerprint density at radius 3 is 2.46 bits per heavy atom. The van der Waals surface area contributed by atoms with Crippen LogP contribution in [0.5, 0.6) is 0 Å². The molecule has 0 aromatic heterocycles. The maximum Gasteiger partial charge on any atom is 0.417 e. The minimum absolute atomic E-state index is 0.251. The highest BCUT2D eigenvalue weighted by molar-refractivity contribution is 8.13. The van der Waals surface area contributed by atoms with Gasteiger partial charge in [0.1, 0.15) is 10.5 Å². The van der Waals surface area contributed by atoms with E-state index in [9.17, 15) is 13.2 Å². The van der Waals surface area contributed by atoms with Crippen LogP contribution in [0.3, 0.4) is 0 Å². The van der Waals surface area contributed by atoms with Crippen molar-refractivity contribution in [2.75, 3.05) is 4.90 Å². The van der Waals surface area contributed by atoms with E-state index in [0.29, 0.717) is 15.9 Å². The third-order valence-corrected chi connectivity index (χ3v) is 5.88. The van der Waals surface area contributed by atoms with Crippen molar-refractivity contribution in [3.63, 3.8) is 0 Å². The fourth-order valence-corrected chi connectivity index (χ4v) is 4.15. The molecule has 0 spiro atoms. The summed E-state index contributed by atoms with van der Waals surface area (Å²) in [5, 5.41) is 9.56. The third kappa shape index (κ3) is 4.05. The Balaban J connectivity index is 1.98. The zero-order valence-corrected chi connectivity index (χ0v) is 16.8. The van der Waals surface area contributed by atoms with Crippen LogP contribution in [-0.2, 0) is 11.9 Å². The van der Waals surface area contributed by atoms with Crippen LogP contribution < -0.4 is 4.90 Å².